The number of fused-ring (bicyclic) bond motifs is 1. The first kappa shape index (κ1) is 14.0. The van der Waals surface area contributed by atoms with E-state index in [1.165, 1.54) is 5.56 Å². The molecule has 0 bridgehead atoms. The highest BCUT2D eigenvalue weighted by Gasteiger charge is 2.11. The van der Waals surface area contributed by atoms with Gasteiger partial charge in [-0.25, -0.2) is 4.98 Å². The molecule has 0 unspecified atom stereocenters. The van der Waals surface area contributed by atoms with Crippen LogP contribution in [-0.4, -0.2) is 25.4 Å². The summed E-state index contributed by atoms with van der Waals surface area (Å²) in [7, 11) is 0. The second-order valence-electron chi connectivity index (χ2n) is 5.19. The molecule has 2 heterocycles. The van der Waals surface area contributed by atoms with Crippen molar-refractivity contribution in [2.24, 2.45) is 0 Å². The van der Waals surface area contributed by atoms with Gasteiger partial charge in [-0.3, -0.25) is 9.97 Å². The summed E-state index contributed by atoms with van der Waals surface area (Å²) in [6.07, 6.45) is 4.36. The van der Waals surface area contributed by atoms with Gasteiger partial charge >= 0.3 is 0 Å². The van der Waals surface area contributed by atoms with Gasteiger partial charge in [0.2, 0.25) is 0 Å². The number of aryl methyl sites for hydroxylation is 3. The van der Waals surface area contributed by atoms with Gasteiger partial charge in [0.15, 0.2) is 0 Å². The van der Waals surface area contributed by atoms with Crippen LogP contribution in [-0.2, 0) is 13.0 Å². The minimum absolute atomic E-state index is 0.557. The molecular formula is C16H17ClN4. The molecule has 0 spiro atoms. The van der Waals surface area contributed by atoms with E-state index in [1.54, 1.807) is 6.20 Å². The lowest BCUT2D eigenvalue weighted by Crippen LogP contribution is -2.07. The summed E-state index contributed by atoms with van der Waals surface area (Å²) in [6, 6.07) is 6.31. The molecule has 3 rings (SSSR count). The van der Waals surface area contributed by atoms with Crippen LogP contribution in [0.4, 0.5) is 0 Å². The van der Waals surface area contributed by atoms with E-state index < -0.39 is 0 Å². The minimum atomic E-state index is 0.557. The first-order valence-corrected chi connectivity index (χ1v) is 7.50. The molecule has 0 radical (unpaired) electrons. The normalized spacial score (nSPS) is 11.2. The molecule has 1 aromatic carbocycles. The molecule has 5 heteroatoms. The summed E-state index contributed by atoms with van der Waals surface area (Å²) in [5, 5.41) is 0. The molecule has 0 aliphatic heterocycles. The number of benzene rings is 1. The number of aromatic nitrogens is 4. The van der Waals surface area contributed by atoms with Crippen LogP contribution < -0.4 is 0 Å². The Morgan fingerprint density at radius 1 is 1.14 bits per heavy atom. The summed E-state index contributed by atoms with van der Waals surface area (Å²) in [5.74, 6) is 1.55. The molecule has 4 nitrogen and oxygen atoms in total. The van der Waals surface area contributed by atoms with Gasteiger partial charge in [0.25, 0.3) is 0 Å². The van der Waals surface area contributed by atoms with Crippen molar-refractivity contribution < 1.29 is 0 Å². The predicted octanol–water partition coefficient (Wildman–Crippen LogP) is 3.27. The maximum absolute atomic E-state index is 5.91. The van der Waals surface area contributed by atoms with E-state index in [0.717, 1.165) is 34.7 Å². The smallest absolute Gasteiger partial charge is 0.111 e. The Bertz CT molecular complexity index is 762. The molecule has 3 aromatic rings. The largest absolute Gasteiger partial charge is 0.322 e. The van der Waals surface area contributed by atoms with Crippen LogP contribution >= 0.6 is 11.6 Å². The second kappa shape index (κ2) is 5.82. The topological polar surface area (TPSA) is 43.6 Å². The van der Waals surface area contributed by atoms with E-state index in [1.807, 2.05) is 13.1 Å². The van der Waals surface area contributed by atoms with Gasteiger partial charge in [0, 0.05) is 18.5 Å². The number of alkyl halides is 1. The van der Waals surface area contributed by atoms with Crippen molar-refractivity contribution in [1.29, 1.82) is 0 Å². The van der Waals surface area contributed by atoms with Crippen LogP contribution in [0.2, 0.25) is 0 Å². The molecular weight excluding hydrogens is 284 g/mol. The molecule has 2 aromatic heterocycles. The molecule has 0 N–H and O–H groups in total. The maximum Gasteiger partial charge on any atom is 0.111 e. The van der Waals surface area contributed by atoms with Crippen LogP contribution in [0.1, 0.15) is 22.8 Å². The van der Waals surface area contributed by atoms with Gasteiger partial charge in [-0.1, -0.05) is 6.07 Å². The fourth-order valence-corrected chi connectivity index (χ4v) is 2.57. The van der Waals surface area contributed by atoms with Crippen LogP contribution in [0.25, 0.3) is 11.0 Å². The summed E-state index contributed by atoms with van der Waals surface area (Å²) in [4.78, 5) is 13.4. The summed E-state index contributed by atoms with van der Waals surface area (Å²) in [5.41, 5.74) is 5.18. The van der Waals surface area contributed by atoms with Crippen molar-refractivity contribution in [3.63, 3.8) is 0 Å². The van der Waals surface area contributed by atoms with Gasteiger partial charge < -0.3 is 4.57 Å². The van der Waals surface area contributed by atoms with Crippen molar-refractivity contribution >= 4 is 22.6 Å². The summed E-state index contributed by atoms with van der Waals surface area (Å²) in [6.45, 7) is 4.68. The van der Waals surface area contributed by atoms with E-state index in [9.17, 15) is 0 Å². The lowest BCUT2D eigenvalue weighted by atomic mass is 10.2. The second-order valence-corrected chi connectivity index (χ2v) is 5.57. The Morgan fingerprint density at radius 2 is 2.00 bits per heavy atom. The van der Waals surface area contributed by atoms with Crippen LogP contribution in [0, 0.1) is 13.8 Å². The fourth-order valence-electron chi connectivity index (χ4n) is 2.40. The highest BCUT2D eigenvalue weighted by molar-refractivity contribution is 6.17. The zero-order chi connectivity index (χ0) is 14.8. The fraction of sp³-hybridized carbons (Fsp3) is 0.312. The average Bonchev–Trinajstić information content (AvgIpc) is 2.79. The van der Waals surface area contributed by atoms with E-state index in [0.29, 0.717) is 12.4 Å². The number of hydrogen-bond acceptors (Lipinski definition) is 3. The third-order valence-corrected chi connectivity index (χ3v) is 3.64. The van der Waals surface area contributed by atoms with Gasteiger partial charge in [0.05, 0.1) is 35.2 Å². The van der Waals surface area contributed by atoms with E-state index in [2.05, 4.69) is 39.7 Å². The Balaban J connectivity index is 2.06. The highest BCUT2D eigenvalue weighted by Crippen LogP contribution is 2.19. The third kappa shape index (κ3) is 2.90. The predicted molar refractivity (Wildman–Crippen MR) is 84.8 cm³/mol. The minimum Gasteiger partial charge on any atom is -0.322 e. The van der Waals surface area contributed by atoms with Crippen molar-refractivity contribution in [1.82, 2.24) is 19.5 Å². The van der Waals surface area contributed by atoms with Crippen molar-refractivity contribution in [2.45, 2.75) is 26.8 Å². The number of rotatable bonds is 4. The van der Waals surface area contributed by atoms with E-state index in [4.69, 9.17) is 16.6 Å². The summed E-state index contributed by atoms with van der Waals surface area (Å²) < 4.78 is 2.18. The van der Waals surface area contributed by atoms with Crippen molar-refractivity contribution in [3.8, 4) is 0 Å². The molecule has 0 saturated heterocycles. The van der Waals surface area contributed by atoms with Crippen LogP contribution in [0.3, 0.4) is 0 Å². The zero-order valence-electron chi connectivity index (χ0n) is 12.2. The van der Waals surface area contributed by atoms with E-state index in [-0.39, 0.29) is 0 Å². The molecule has 0 amide bonds. The quantitative estimate of drug-likeness (QED) is 0.695. The first-order chi connectivity index (χ1) is 10.2. The molecule has 21 heavy (non-hydrogen) atoms. The number of nitrogens with zero attached hydrogens (tertiary/aromatic N) is 4. The standard InChI is InChI=1S/C16H17ClN4/c1-11-3-4-15-14(7-11)20-16(5-6-17)21(15)10-13-9-18-12(2)8-19-13/h3-4,7-9H,5-6,10H2,1-2H3. The van der Waals surface area contributed by atoms with Crippen LogP contribution in [0.15, 0.2) is 30.6 Å². The van der Waals surface area contributed by atoms with Crippen molar-refractivity contribution in [2.75, 3.05) is 5.88 Å². The lowest BCUT2D eigenvalue weighted by molar-refractivity contribution is 0.732. The Morgan fingerprint density at radius 3 is 2.71 bits per heavy atom. The lowest BCUT2D eigenvalue weighted by Gasteiger charge is -2.08. The maximum atomic E-state index is 5.91. The van der Waals surface area contributed by atoms with Gasteiger partial charge in [-0.05, 0) is 31.5 Å². The van der Waals surface area contributed by atoms with Gasteiger partial charge in [0.1, 0.15) is 5.82 Å². The number of imidazole rings is 1. The van der Waals surface area contributed by atoms with Crippen LogP contribution in [0.5, 0.6) is 0 Å². The monoisotopic (exact) mass is 300 g/mol. The molecule has 108 valence electrons. The third-order valence-electron chi connectivity index (χ3n) is 3.46. The van der Waals surface area contributed by atoms with E-state index >= 15 is 0 Å². The summed E-state index contributed by atoms with van der Waals surface area (Å²) >= 11 is 5.91. The highest BCUT2D eigenvalue weighted by atomic mass is 35.5. The molecule has 0 atom stereocenters. The van der Waals surface area contributed by atoms with Gasteiger partial charge in [-0.2, -0.15) is 0 Å². The molecule has 0 aliphatic rings. The zero-order valence-corrected chi connectivity index (χ0v) is 12.9. The Labute approximate surface area is 128 Å². The Kier molecular flexibility index (Phi) is 3.88. The number of hydrogen-bond donors (Lipinski definition) is 0. The Hall–Kier alpha value is -1.94. The molecule has 0 fully saturated rings. The SMILES string of the molecule is Cc1ccc2c(c1)nc(CCCl)n2Cc1cnc(C)cn1. The number of halogens is 1. The van der Waals surface area contributed by atoms with Gasteiger partial charge in [-0.15, -0.1) is 11.6 Å². The van der Waals surface area contributed by atoms with Crippen molar-refractivity contribution in [3.05, 3.63) is 53.4 Å². The average molecular weight is 301 g/mol. The molecule has 0 aliphatic carbocycles. The molecule has 0 saturated carbocycles. The first-order valence-electron chi connectivity index (χ1n) is 6.96.